The van der Waals surface area contributed by atoms with E-state index in [2.05, 4.69) is 12.2 Å². The Labute approximate surface area is 63.0 Å². The lowest BCUT2D eigenvalue weighted by Gasteiger charge is -2.18. The van der Waals surface area contributed by atoms with E-state index in [1.165, 1.54) is 0 Å². The van der Waals surface area contributed by atoms with Crippen LogP contribution in [0.1, 0.15) is 33.1 Å². The number of alkyl halides is 1. The van der Waals surface area contributed by atoms with Gasteiger partial charge in [-0.05, 0) is 19.9 Å². The summed E-state index contributed by atoms with van der Waals surface area (Å²) < 4.78 is 12.9. The molecule has 0 aliphatic rings. The van der Waals surface area contributed by atoms with Crippen LogP contribution in [0.2, 0.25) is 0 Å². The molecule has 0 rings (SSSR count). The van der Waals surface area contributed by atoms with Gasteiger partial charge in [-0.15, -0.1) is 0 Å². The molecule has 0 aliphatic heterocycles. The molecule has 2 heteroatoms. The van der Waals surface area contributed by atoms with Crippen molar-refractivity contribution in [1.29, 1.82) is 0 Å². The molecular formula is C8H18FN. The zero-order valence-electron chi connectivity index (χ0n) is 7.15. The number of halogens is 1. The molecule has 2 atom stereocenters. The zero-order valence-corrected chi connectivity index (χ0v) is 7.15. The van der Waals surface area contributed by atoms with E-state index in [0.29, 0.717) is 6.42 Å². The van der Waals surface area contributed by atoms with Crippen LogP contribution in [0.15, 0.2) is 0 Å². The van der Waals surface area contributed by atoms with E-state index in [0.717, 1.165) is 12.8 Å². The molecular weight excluding hydrogens is 129 g/mol. The van der Waals surface area contributed by atoms with E-state index in [1.807, 2.05) is 14.0 Å². The Morgan fingerprint density at radius 3 is 2.30 bits per heavy atom. The Bertz CT molecular complexity index is 75.7. The van der Waals surface area contributed by atoms with Gasteiger partial charge < -0.3 is 5.32 Å². The first kappa shape index (κ1) is 9.89. The average molecular weight is 147 g/mol. The Morgan fingerprint density at radius 2 is 2.00 bits per heavy atom. The fraction of sp³-hybridized carbons (Fsp3) is 1.00. The van der Waals surface area contributed by atoms with Crippen LogP contribution in [0, 0.1) is 0 Å². The molecule has 0 amide bonds. The molecule has 0 heterocycles. The minimum absolute atomic E-state index is 0.0648. The number of rotatable bonds is 5. The molecule has 0 aromatic carbocycles. The summed E-state index contributed by atoms with van der Waals surface area (Å²) in [5, 5.41) is 2.98. The minimum Gasteiger partial charge on any atom is -0.314 e. The SMILES string of the molecule is CCCC(NC)[C@H](F)CC. The second-order valence-electron chi connectivity index (χ2n) is 2.61. The maximum Gasteiger partial charge on any atom is 0.115 e. The lowest BCUT2D eigenvalue weighted by molar-refractivity contribution is 0.239. The van der Waals surface area contributed by atoms with Crippen molar-refractivity contribution in [1.82, 2.24) is 5.32 Å². The Kier molecular flexibility index (Phi) is 5.60. The first-order valence-electron chi connectivity index (χ1n) is 4.07. The van der Waals surface area contributed by atoms with Crippen LogP contribution in [0.25, 0.3) is 0 Å². The van der Waals surface area contributed by atoms with Crippen LogP contribution in [-0.2, 0) is 0 Å². The number of hydrogen-bond acceptors (Lipinski definition) is 1. The second kappa shape index (κ2) is 5.66. The average Bonchev–Trinajstić information content (AvgIpc) is 1.99. The van der Waals surface area contributed by atoms with Crippen molar-refractivity contribution in [3.8, 4) is 0 Å². The molecule has 0 aliphatic carbocycles. The van der Waals surface area contributed by atoms with Gasteiger partial charge in [-0.1, -0.05) is 20.3 Å². The van der Waals surface area contributed by atoms with Gasteiger partial charge in [0.25, 0.3) is 0 Å². The highest BCUT2D eigenvalue weighted by Gasteiger charge is 2.15. The van der Waals surface area contributed by atoms with Crippen molar-refractivity contribution in [3.63, 3.8) is 0 Å². The summed E-state index contributed by atoms with van der Waals surface area (Å²) in [6.45, 7) is 3.96. The Balaban J connectivity index is 3.56. The third-order valence-electron chi connectivity index (χ3n) is 1.80. The summed E-state index contributed by atoms with van der Waals surface area (Å²) in [6.07, 6.45) is 1.92. The molecule has 62 valence electrons. The van der Waals surface area contributed by atoms with Gasteiger partial charge in [0.15, 0.2) is 0 Å². The van der Waals surface area contributed by atoms with Gasteiger partial charge in [-0.25, -0.2) is 4.39 Å². The van der Waals surface area contributed by atoms with Gasteiger partial charge in [-0.2, -0.15) is 0 Å². The molecule has 0 saturated carbocycles. The van der Waals surface area contributed by atoms with Gasteiger partial charge in [0.2, 0.25) is 0 Å². The number of nitrogens with one attached hydrogen (secondary N) is 1. The topological polar surface area (TPSA) is 12.0 Å². The van der Waals surface area contributed by atoms with Crippen LogP contribution in [0.5, 0.6) is 0 Å². The first-order valence-corrected chi connectivity index (χ1v) is 4.07. The van der Waals surface area contributed by atoms with Gasteiger partial charge in [0.05, 0.1) is 0 Å². The monoisotopic (exact) mass is 147 g/mol. The van der Waals surface area contributed by atoms with Gasteiger partial charge >= 0.3 is 0 Å². The largest absolute Gasteiger partial charge is 0.314 e. The van der Waals surface area contributed by atoms with Crippen molar-refractivity contribution in [3.05, 3.63) is 0 Å². The van der Waals surface area contributed by atoms with E-state index in [1.54, 1.807) is 0 Å². The van der Waals surface area contributed by atoms with Crippen molar-refractivity contribution >= 4 is 0 Å². The van der Waals surface area contributed by atoms with Crippen molar-refractivity contribution < 1.29 is 4.39 Å². The lowest BCUT2D eigenvalue weighted by atomic mass is 10.1. The van der Waals surface area contributed by atoms with Gasteiger partial charge in [0.1, 0.15) is 6.17 Å². The lowest BCUT2D eigenvalue weighted by Crippen LogP contribution is -2.34. The van der Waals surface area contributed by atoms with Crippen LogP contribution < -0.4 is 5.32 Å². The first-order chi connectivity index (χ1) is 4.76. The zero-order chi connectivity index (χ0) is 7.98. The molecule has 0 spiro atoms. The van der Waals surface area contributed by atoms with E-state index >= 15 is 0 Å². The molecule has 1 nitrogen and oxygen atoms in total. The van der Waals surface area contributed by atoms with Crippen LogP contribution >= 0.6 is 0 Å². The molecule has 0 saturated heterocycles. The summed E-state index contributed by atoms with van der Waals surface area (Å²) >= 11 is 0. The fourth-order valence-corrected chi connectivity index (χ4v) is 1.10. The van der Waals surface area contributed by atoms with Crippen LogP contribution in [0.3, 0.4) is 0 Å². The molecule has 0 aromatic rings. The molecule has 0 bridgehead atoms. The Morgan fingerprint density at radius 1 is 1.40 bits per heavy atom. The molecule has 0 radical (unpaired) electrons. The third-order valence-corrected chi connectivity index (χ3v) is 1.80. The molecule has 0 aromatic heterocycles. The van der Waals surface area contributed by atoms with Gasteiger partial charge in [-0.3, -0.25) is 0 Å². The summed E-state index contributed by atoms with van der Waals surface area (Å²) in [6, 6.07) is 0.0648. The summed E-state index contributed by atoms with van der Waals surface area (Å²) in [5.74, 6) is 0. The highest BCUT2D eigenvalue weighted by Crippen LogP contribution is 2.08. The standard InChI is InChI=1S/C8H18FN/c1-4-6-8(10-3)7(9)5-2/h7-8,10H,4-6H2,1-3H3/t7-,8?/m1/s1. The molecule has 10 heavy (non-hydrogen) atoms. The summed E-state index contributed by atoms with van der Waals surface area (Å²) in [7, 11) is 1.82. The molecule has 1 N–H and O–H groups in total. The Hall–Kier alpha value is -0.110. The molecule has 0 fully saturated rings. The predicted octanol–water partition coefficient (Wildman–Crippen LogP) is 2.12. The summed E-state index contributed by atoms with van der Waals surface area (Å²) in [4.78, 5) is 0. The van der Waals surface area contributed by atoms with Crippen LogP contribution in [0.4, 0.5) is 4.39 Å². The van der Waals surface area contributed by atoms with Crippen molar-refractivity contribution in [2.24, 2.45) is 0 Å². The maximum absolute atomic E-state index is 12.9. The van der Waals surface area contributed by atoms with E-state index in [9.17, 15) is 4.39 Å². The summed E-state index contributed by atoms with van der Waals surface area (Å²) in [5.41, 5.74) is 0. The molecule has 1 unspecified atom stereocenters. The smallest absolute Gasteiger partial charge is 0.115 e. The van der Waals surface area contributed by atoms with Gasteiger partial charge in [0, 0.05) is 6.04 Å². The number of hydrogen-bond donors (Lipinski definition) is 1. The van der Waals surface area contributed by atoms with Crippen LogP contribution in [-0.4, -0.2) is 19.3 Å². The normalized spacial score (nSPS) is 16.8. The van der Waals surface area contributed by atoms with E-state index in [4.69, 9.17) is 0 Å². The highest BCUT2D eigenvalue weighted by molar-refractivity contribution is 4.72. The van der Waals surface area contributed by atoms with Crippen molar-refractivity contribution in [2.45, 2.75) is 45.3 Å². The maximum atomic E-state index is 12.9. The predicted molar refractivity (Wildman–Crippen MR) is 42.9 cm³/mol. The highest BCUT2D eigenvalue weighted by atomic mass is 19.1. The van der Waals surface area contributed by atoms with Crippen molar-refractivity contribution in [2.75, 3.05) is 7.05 Å². The minimum atomic E-state index is -0.676. The third kappa shape index (κ3) is 3.16. The second-order valence-corrected chi connectivity index (χ2v) is 2.61. The van der Waals surface area contributed by atoms with E-state index < -0.39 is 6.17 Å². The quantitative estimate of drug-likeness (QED) is 0.628. The van der Waals surface area contributed by atoms with E-state index in [-0.39, 0.29) is 6.04 Å². The fourth-order valence-electron chi connectivity index (χ4n) is 1.10.